The maximum atomic E-state index is 13.2. The number of hydrogen-bond acceptors (Lipinski definition) is 4. The van der Waals surface area contributed by atoms with Crippen LogP contribution in [0.1, 0.15) is 10.4 Å². The highest BCUT2D eigenvalue weighted by molar-refractivity contribution is 5.92. The van der Waals surface area contributed by atoms with Crippen molar-refractivity contribution in [3.05, 3.63) is 35.4 Å². The highest BCUT2D eigenvalue weighted by atomic mass is 19.1. The van der Waals surface area contributed by atoms with Gasteiger partial charge < -0.3 is 15.8 Å². The Morgan fingerprint density at radius 1 is 1.26 bits per heavy atom. The van der Waals surface area contributed by atoms with Crippen molar-refractivity contribution in [2.24, 2.45) is 5.73 Å². The van der Waals surface area contributed by atoms with E-state index >= 15 is 0 Å². The summed E-state index contributed by atoms with van der Waals surface area (Å²) in [6.07, 6.45) is 0. The van der Waals surface area contributed by atoms with Gasteiger partial charge in [0.15, 0.2) is 6.61 Å². The number of amides is 2. The molecule has 1 aromatic carbocycles. The number of ether oxygens (including phenoxy) is 1. The van der Waals surface area contributed by atoms with Gasteiger partial charge in [0, 0.05) is 6.07 Å². The van der Waals surface area contributed by atoms with Gasteiger partial charge in [0.1, 0.15) is 11.6 Å². The van der Waals surface area contributed by atoms with E-state index in [2.05, 4.69) is 10.1 Å². The van der Waals surface area contributed by atoms with Gasteiger partial charge in [-0.05, 0) is 12.1 Å². The van der Waals surface area contributed by atoms with E-state index in [1.54, 1.807) is 0 Å². The monoisotopic (exact) mass is 272 g/mol. The number of esters is 1. The summed E-state index contributed by atoms with van der Waals surface area (Å²) >= 11 is 0. The zero-order chi connectivity index (χ0) is 14.4. The molecule has 0 aliphatic rings. The van der Waals surface area contributed by atoms with E-state index in [0.717, 1.165) is 12.1 Å². The number of rotatable bonds is 5. The molecule has 3 N–H and O–H groups in total. The molecule has 0 aliphatic carbocycles. The summed E-state index contributed by atoms with van der Waals surface area (Å²) in [6.45, 7) is -1.11. The topological polar surface area (TPSA) is 98.5 Å². The quantitative estimate of drug-likeness (QED) is 0.720. The van der Waals surface area contributed by atoms with Gasteiger partial charge in [0.2, 0.25) is 5.91 Å². The molecule has 8 heteroatoms. The molecule has 0 aromatic heterocycles. The molecule has 0 saturated carbocycles. The van der Waals surface area contributed by atoms with E-state index in [4.69, 9.17) is 5.73 Å². The van der Waals surface area contributed by atoms with Crippen LogP contribution in [0.2, 0.25) is 0 Å². The number of benzene rings is 1. The van der Waals surface area contributed by atoms with Crippen LogP contribution in [0.5, 0.6) is 0 Å². The lowest BCUT2D eigenvalue weighted by molar-refractivity contribution is -0.127. The third-order valence-corrected chi connectivity index (χ3v) is 1.95. The minimum absolute atomic E-state index is 0.401. The number of nitrogens with one attached hydrogen (secondary N) is 1. The third kappa shape index (κ3) is 4.70. The van der Waals surface area contributed by atoms with Crippen LogP contribution in [0.3, 0.4) is 0 Å². The van der Waals surface area contributed by atoms with Crippen LogP contribution in [0.25, 0.3) is 0 Å². The SMILES string of the molecule is NC(=O)CNC(=O)COC(=O)c1ccc(F)cc1F. The van der Waals surface area contributed by atoms with Crippen LogP contribution in [0.4, 0.5) is 8.78 Å². The molecule has 6 nitrogen and oxygen atoms in total. The average Bonchev–Trinajstić information content (AvgIpc) is 2.33. The maximum absolute atomic E-state index is 13.2. The molecule has 0 unspecified atom stereocenters. The summed E-state index contributed by atoms with van der Waals surface area (Å²) in [5, 5.41) is 2.07. The van der Waals surface area contributed by atoms with Crippen molar-refractivity contribution < 1.29 is 27.9 Å². The standard InChI is InChI=1S/C11H10F2N2O4/c12-6-1-2-7(8(13)3-6)11(18)19-5-10(17)15-4-9(14)16/h1-3H,4-5H2,(H2,14,16)(H,15,17). The minimum atomic E-state index is -1.12. The summed E-state index contributed by atoms with van der Waals surface area (Å²) in [5.74, 6) is -4.58. The first kappa shape index (κ1) is 14.6. The van der Waals surface area contributed by atoms with Crippen LogP contribution < -0.4 is 11.1 Å². The van der Waals surface area contributed by atoms with Crippen molar-refractivity contribution in [2.75, 3.05) is 13.2 Å². The molecule has 0 saturated heterocycles. The summed E-state index contributed by atoms with van der Waals surface area (Å²) in [7, 11) is 0. The van der Waals surface area contributed by atoms with Crippen molar-refractivity contribution >= 4 is 17.8 Å². The Morgan fingerprint density at radius 2 is 1.95 bits per heavy atom. The number of nitrogens with two attached hydrogens (primary N) is 1. The first-order valence-corrected chi connectivity index (χ1v) is 5.07. The number of carbonyl (C=O) groups excluding carboxylic acids is 3. The summed E-state index contributed by atoms with van der Waals surface area (Å²) in [6, 6.07) is 2.30. The first-order valence-electron chi connectivity index (χ1n) is 5.07. The van der Waals surface area contributed by atoms with Crippen LogP contribution >= 0.6 is 0 Å². The van der Waals surface area contributed by atoms with Gasteiger partial charge in [-0.15, -0.1) is 0 Å². The lowest BCUT2D eigenvalue weighted by atomic mass is 10.2. The molecule has 0 radical (unpaired) electrons. The van der Waals surface area contributed by atoms with E-state index in [1.807, 2.05) is 0 Å². The van der Waals surface area contributed by atoms with E-state index in [9.17, 15) is 23.2 Å². The van der Waals surface area contributed by atoms with Crippen molar-refractivity contribution in [1.29, 1.82) is 0 Å². The van der Waals surface area contributed by atoms with Crippen molar-refractivity contribution in [3.63, 3.8) is 0 Å². The Kier molecular flexibility index (Phi) is 4.92. The fraction of sp³-hybridized carbons (Fsp3) is 0.182. The summed E-state index contributed by atoms with van der Waals surface area (Å²) < 4.78 is 30.3. The molecule has 0 heterocycles. The average molecular weight is 272 g/mol. The number of halogens is 2. The van der Waals surface area contributed by atoms with E-state index in [0.29, 0.717) is 6.07 Å². The zero-order valence-electron chi connectivity index (χ0n) is 9.61. The molecule has 0 atom stereocenters. The Labute approximate surface area is 106 Å². The van der Waals surface area contributed by atoms with E-state index in [-0.39, 0.29) is 0 Å². The van der Waals surface area contributed by atoms with Gasteiger partial charge in [-0.1, -0.05) is 0 Å². The molecular weight excluding hydrogens is 262 g/mol. The van der Waals surface area contributed by atoms with Gasteiger partial charge in [0.25, 0.3) is 5.91 Å². The predicted octanol–water partition coefficient (Wildman–Crippen LogP) is -0.277. The van der Waals surface area contributed by atoms with Gasteiger partial charge >= 0.3 is 5.97 Å². The van der Waals surface area contributed by atoms with Crippen molar-refractivity contribution in [3.8, 4) is 0 Å². The lowest BCUT2D eigenvalue weighted by Crippen LogP contribution is -2.36. The molecule has 0 fully saturated rings. The molecule has 2 amide bonds. The zero-order valence-corrected chi connectivity index (χ0v) is 9.61. The number of carbonyl (C=O) groups is 3. The second-order valence-electron chi connectivity index (χ2n) is 3.44. The summed E-state index contributed by atoms with van der Waals surface area (Å²) in [4.78, 5) is 32.8. The first-order chi connectivity index (χ1) is 8.90. The largest absolute Gasteiger partial charge is 0.452 e. The lowest BCUT2D eigenvalue weighted by Gasteiger charge is -2.05. The molecule has 0 bridgehead atoms. The Bertz CT molecular complexity index is 519. The van der Waals surface area contributed by atoms with Gasteiger partial charge in [-0.25, -0.2) is 13.6 Å². The Balaban J connectivity index is 2.51. The molecule has 1 aromatic rings. The Hall–Kier alpha value is -2.51. The molecule has 102 valence electrons. The fourth-order valence-electron chi connectivity index (χ4n) is 1.10. The van der Waals surface area contributed by atoms with Crippen LogP contribution in [0, 0.1) is 11.6 Å². The fourth-order valence-corrected chi connectivity index (χ4v) is 1.10. The second-order valence-corrected chi connectivity index (χ2v) is 3.44. The molecular formula is C11H10F2N2O4. The molecule has 1 rings (SSSR count). The van der Waals surface area contributed by atoms with Gasteiger partial charge in [-0.3, -0.25) is 9.59 Å². The van der Waals surface area contributed by atoms with Crippen LogP contribution in [0.15, 0.2) is 18.2 Å². The normalized spacial score (nSPS) is 9.79. The smallest absolute Gasteiger partial charge is 0.341 e. The highest BCUT2D eigenvalue weighted by Crippen LogP contribution is 2.10. The van der Waals surface area contributed by atoms with Crippen LogP contribution in [-0.4, -0.2) is 30.9 Å². The van der Waals surface area contributed by atoms with Crippen molar-refractivity contribution in [2.45, 2.75) is 0 Å². The number of primary amides is 1. The third-order valence-electron chi connectivity index (χ3n) is 1.95. The Morgan fingerprint density at radius 3 is 2.53 bits per heavy atom. The number of hydrogen-bond donors (Lipinski definition) is 2. The van der Waals surface area contributed by atoms with Gasteiger partial charge in [0.05, 0.1) is 12.1 Å². The predicted molar refractivity (Wildman–Crippen MR) is 58.8 cm³/mol. The van der Waals surface area contributed by atoms with Crippen LogP contribution in [-0.2, 0) is 14.3 Å². The molecule has 0 aliphatic heterocycles. The minimum Gasteiger partial charge on any atom is -0.452 e. The molecule has 19 heavy (non-hydrogen) atoms. The highest BCUT2D eigenvalue weighted by Gasteiger charge is 2.15. The van der Waals surface area contributed by atoms with Gasteiger partial charge in [-0.2, -0.15) is 0 Å². The maximum Gasteiger partial charge on any atom is 0.341 e. The van der Waals surface area contributed by atoms with E-state index in [1.165, 1.54) is 0 Å². The van der Waals surface area contributed by atoms with Crippen molar-refractivity contribution in [1.82, 2.24) is 5.32 Å². The van der Waals surface area contributed by atoms with E-state index < -0.39 is 48.1 Å². The molecule has 0 spiro atoms. The second kappa shape index (κ2) is 6.43. The summed E-state index contributed by atoms with van der Waals surface area (Å²) in [5.41, 5.74) is 4.28.